The molecule has 1 saturated heterocycles. The second-order valence-corrected chi connectivity index (χ2v) is 7.42. The number of hydrogen-bond acceptors (Lipinski definition) is 6. The van der Waals surface area contributed by atoms with Gasteiger partial charge < -0.3 is 14.8 Å². The van der Waals surface area contributed by atoms with Gasteiger partial charge in [-0.1, -0.05) is 12.1 Å². The van der Waals surface area contributed by atoms with Crippen LogP contribution in [0.3, 0.4) is 0 Å². The van der Waals surface area contributed by atoms with Crippen molar-refractivity contribution in [2.75, 3.05) is 13.1 Å². The lowest BCUT2D eigenvalue weighted by Crippen LogP contribution is -2.53. The molecule has 6 nitrogen and oxygen atoms in total. The number of amides is 1. The highest BCUT2D eigenvalue weighted by molar-refractivity contribution is 7.07. The number of carbonyl (C=O) groups is 1. The molecule has 7 heteroatoms. The zero-order valence-electron chi connectivity index (χ0n) is 14.7. The largest absolute Gasteiger partial charge is 0.464 e. The van der Waals surface area contributed by atoms with E-state index in [1.807, 2.05) is 35.2 Å². The molecular formula is C20H21N3O3S. The Kier molecular flexibility index (Phi) is 5.33. The van der Waals surface area contributed by atoms with E-state index in [9.17, 15) is 9.90 Å². The summed E-state index contributed by atoms with van der Waals surface area (Å²) in [6, 6.07) is 10.7. The molecule has 27 heavy (non-hydrogen) atoms. The van der Waals surface area contributed by atoms with Crippen LogP contribution >= 0.6 is 11.3 Å². The average molecular weight is 383 g/mol. The van der Waals surface area contributed by atoms with Gasteiger partial charge in [0.25, 0.3) is 5.91 Å². The number of rotatable bonds is 5. The molecule has 0 spiro atoms. The average Bonchev–Trinajstić information content (AvgIpc) is 3.38. The van der Waals surface area contributed by atoms with Crippen LogP contribution in [0.1, 0.15) is 22.5 Å². The molecule has 0 saturated carbocycles. The number of β-amino-alcohol motifs (C(OH)–C–C–N with tert-alkyl or cyclic N) is 1. The van der Waals surface area contributed by atoms with Gasteiger partial charge in [0.1, 0.15) is 5.76 Å². The van der Waals surface area contributed by atoms with E-state index in [1.165, 1.54) is 0 Å². The molecule has 140 valence electrons. The van der Waals surface area contributed by atoms with Crippen LogP contribution in [0.2, 0.25) is 0 Å². The third-order valence-electron chi connectivity index (χ3n) is 4.80. The number of nitrogens with one attached hydrogen (secondary N) is 1. The van der Waals surface area contributed by atoms with E-state index in [0.29, 0.717) is 18.5 Å². The molecule has 0 unspecified atom stereocenters. The summed E-state index contributed by atoms with van der Waals surface area (Å²) in [6.45, 7) is 2.08. The summed E-state index contributed by atoms with van der Waals surface area (Å²) in [5.41, 5.74) is 4.33. The van der Waals surface area contributed by atoms with Crippen molar-refractivity contribution in [2.45, 2.75) is 25.1 Å². The SMILES string of the molecule is O=C(N[C@H]1CCN(Cc2cscn2)C[C@@H]1O)c1ccc(-c2ccco2)cc1. The molecule has 1 amide bonds. The topological polar surface area (TPSA) is 78.6 Å². The van der Waals surface area contributed by atoms with Crippen molar-refractivity contribution in [2.24, 2.45) is 0 Å². The lowest BCUT2D eigenvalue weighted by molar-refractivity contribution is 0.0346. The predicted octanol–water partition coefficient (Wildman–Crippen LogP) is 2.77. The minimum absolute atomic E-state index is 0.169. The predicted molar refractivity (Wildman–Crippen MR) is 103 cm³/mol. The van der Waals surface area contributed by atoms with Crippen molar-refractivity contribution in [3.63, 3.8) is 0 Å². The normalized spacial score (nSPS) is 20.5. The van der Waals surface area contributed by atoms with Gasteiger partial charge in [-0.05, 0) is 30.7 Å². The number of aromatic nitrogens is 1. The van der Waals surface area contributed by atoms with E-state index >= 15 is 0 Å². The van der Waals surface area contributed by atoms with Crippen molar-refractivity contribution < 1.29 is 14.3 Å². The Morgan fingerprint density at radius 1 is 1.33 bits per heavy atom. The van der Waals surface area contributed by atoms with Gasteiger partial charge in [0, 0.05) is 36.1 Å². The lowest BCUT2D eigenvalue weighted by Gasteiger charge is -2.35. The number of carbonyl (C=O) groups excluding carboxylic acids is 1. The summed E-state index contributed by atoms with van der Waals surface area (Å²) in [5, 5.41) is 15.4. The van der Waals surface area contributed by atoms with E-state index in [0.717, 1.165) is 30.1 Å². The Morgan fingerprint density at radius 3 is 2.85 bits per heavy atom. The standard InChI is InChI=1S/C20H21N3O3S/c24-18-11-23(10-16-12-27-13-21-16)8-7-17(18)22-20(25)15-5-3-14(4-6-15)19-2-1-9-26-19/h1-6,9,12-13,17-18,24H,7-8,10-11H2,(H,22,25)/t17-,18-/m0/s1. The van der Waals surface area contributed by atoms with Crippen molar-refractivity contribution in [3.05, 3.63) is 64.8 Å². The first-order valence-corrected chi connectivity index (χ1v) is 9.85. The van der Waals surface area contributed by atoms with E-state index in [2.05, 4.69) is 15.2 Å². The summed E-state index contributed by atoms with van der Waals surface area (Å²) in [6.07, 6.45) is 1.74. The number of hydrogen-bond donors (Lipinski definition) is 2. The quantitative estimate of drug-likeness (QED) is 0.708. The molecule has 1 aromatic carbocycles. The fourth-order valence-electron chi connectivity index (χ4n) is 3.33. The second-order valence-electron chi connectivity index (χ2n) is 6.71. The summed E-state index contributed by atoms with van der Waals surface area (Å²) in [5.74, 6) is 0.600. The number of piperidine rings is 1. The maximum absolute atomic E-state index is 12.5. The highest BCUT2D eigenvalue weighted by Crippen LogP contribution is 2.20. The first kappa shape index (κ1) is 17.9. The summed E-state index contributed by atoms with van der Waals surface area (Å²) in [7, 11) is 0. The minimum atomic E-state index is -0.594. The number of benzene rings is 1. The van der Waals surface area contributed by atoms with Crippen LogP contribution in [0.4, 0.5) is 0 Å². The van der Waals surface area contributed by atoms with Gasteiger partial charge in [-0.2, -0.15) is 0 Å². The molecule has 4 rings (SSSR count). The van der Waals surface area contributed by atoms with Gasteiger partial charge in [0.2, 0.25) is 0 Å². The third kappa shape index (κ3) is 4.27. The zero-order chi connectivity index (χ0) is 18.6. The van der Waals surface area contributed by atoms with Gasteiger partial charge in [-0.25, -0.2) is 4.98 Å². The zero-order valence-corrected chi connectivity index (χ0v) is 15.6. The summed E-state index contributed by atoms with van der Waals surface area (Å²) in [4.78, 5) is 19.0. The molecule has 3 aromatic rings. The number of thiazole rings is 1. The monoisotopic (exact) mass is 383 g/mol. The molecule has 2 N–H and O–H groups in total. The van der Waals surface area contributed by atoms with Crippen LogP contribution < -0.4 is 5.32 Å². The minimum Gasteiger partial charge on any atom is -0.464 e. The number of aliphatic hydroxyl groups is 1. The fraction of sp³-hybridized carbons (Fsp3) is 0.300. The molecule has 2 aromatic heterocycles. The molecule has 1 aliphatic rings. The molecule has 0 bridgehead atoms. The molecule has 3 heterocycles. The van der Waals surface area contributed by atoms with Crippen LogP contribution in [0.5, 0.6) is 0 Å². The smallest absolute Gasteiger partial charge is 0.251 e. The first-order chi connectivity index (χ1) is 13.2. The van der Waals surface area contributed by atoms with Gasteiger partial charge in [0.05, 0.1) is 29.6 Å². The van der Waals surface area contributed by atoms with Crippen molar-refractivity contribution in [1.29, 1.82) is 0 Å². The molecule has 0 radical (unpaired) electrons. The van der Waals surface area contributed by atoms with Crippen LogP contribution in [-0.4, -0.2) is 46.1 Å². The number of aliphatic hydroxyl groups excluding tert-OH is 1. The number of nitrogens with zero attached hydrogens (tertiary/aromatic N) is 2. The van der Waals surface area contributed by atoms with E-state index in [-0.39, 0.29) is 11.9 Å². The fourth-order valence-corrected chi connectivity index (χ4v) is 3.88. The maximum atomic E-state index is 12.5. The highest BCUT2D eigenvalue weighted by Gasteiger charge is 2.29. The van der Waals surface area contributed by atoms with Crippen LogP contribution in [0, 0.1) is 0 Å². The first-order valence-electron chi connectivity index (χ1n) is 8.91. The van der Waals surface area contributed by atoms with Crippen molar-refractivity contribution >= 4 is 17.2 Å². The van der Waals surface area contributed by atoms with Crippen LogP contribution in [0.25, 0.3) is 11.3 Å². The molecule has 0 aliphatic carbocycles. The molecule has 1 aliphatic heterocycles. The van der Waals surface area contributed by atoms with Crippen molar-refractivity contribution in [3.8, 4) is 11.3 Å². The Balaban J connectivity index is 1.33. The Bertz CT molecular complexity index is 863. The van der Waals surface area contributed by atoms with Crippen LogP contribution in [0.15, 0.2) is 58.0 Å². The van der Waals surface area contributed by atoms with Gasteiger partial charge >= 0.3 is 0 Å². The van der Waals surface area contributed by atoms with Gasteiger partial charge in [-0.15, -0.1) is 11.3 Å². The van der Waals surface area contributed by atoms with E-state index < -0.39 is 6.10 Å². The summed E-state index contributed by atoms with van der Waals surface area (Å²) >= 11 is 1.57. The van der Waals surface area contributed by atoms with E-state index in [4.69, 9.17) is 4.42 Å². The molecular weight excluding hydrogens is 362 g/mol. The maximum Gasteiger partial charge on any atom is 0.251 e. The number of furan rings is 1. The molecule has 1 fully saturated rings. The van der Waals surface area contributed by atoms with Crippen LogP contribution in [-0.2, 0) is 6.54 Å². The van der Waals surface area contributed by atoms with Crippen molar-refractivity contribution in [1.82, 2.24) is 15.2 Å². The Labute approximate surface area is 161 Å². The third-order valence-corrected chi connectivity index (χ3v) is 5.44. The Hall–Kier alpha value is -2.48. The van der Waals surface area contributed by atoms with Gasteiger partial charge in [0.15, 0.2) is 0 Å². The second kappa shape index (κ2) is 8.04. The molecule has 2 atom stereocenters. The lowest BCUT2D eigenvalue weighted by atomic mass is 10.0. The summed E-state index contributed by atoms with van der Waals surface area (Å²) < 4.78 is 5.36. The highest BCUT2D eigenvalue weighted by atomic mass is 32.1. The van der Waals surface area contributed by atoms with E-state index in [1.54, 1.807) is 29.7 Å². The Morgan fingerprint density at radius 2 is 2.19 bits per heavy atom. The van der Waals surface area contributed by atoms with Gasteiger partial charge in [-0.3, -0.25) is 9.69 Å². The number of likely N-dealkylation sites (tertiary alicyclic amines) is 1.